The van der Waals surface area contributed by atoms with Crippen molar-refractivity contribution in [2.24, 2.45) is 17.3 Å². The second-order valence-electron chi connectivity index (χ2n) is 9.30. The fourth-order valence-corrected chi connectivity index (χ4v) is 5.58. The lowest BCUT2D eigenvalue weighted by Crippen LogP contribution is -2.44. The van der Waals surface area contributed by atoms with Crippen molar-refractivity contribution in [2.75, 3.05) is 51.7 Å². The number of amides is 1. The minimum atomic E-state index is -1.07. The standard InChI is InChI=1S/C21H31N5O3/c1-24(2)12-21-13-25(18-9-22-17(8-23-18)20(28)29)10-16(21)11-26(14-21)19(27)15-6-4-3-5-7-15/h8-9,15-16H,3-7,10-14H2,1-2H3,(H,28,29). The summed E-state index contributed by atoms with van der Waals surface area (Å²) in [6.07, 6.45) is 8.57. The van der Waals surface area contributed by atoms with Gasteiger partial charge in [-0.25, -0.2) is 14.8 Å². The van der Waals surface area contributed by atoms with Gasteiger partial charge in [0, 0.05) is 50.0 Å². The smallest absolute Gasteiger partial charge is 0.356 e. The summed E-state index contributed by atoms with van der Waals surface area (Å²) in [7, 11) is 4.17. The quantitative estimate of drug-likeness (QED) is 0.801. The summed E-state index contributed by atoms with van der Waals surface area (Å²) in [5.41, 5.74) is -0.0264. The lowest BCUT2D eigenvalue weighted by atomic mass is 9.80. The van der Waals surface area contributed by atoms with E-state index >= 15 is 0 Å². The lowest BCUT2D eigenvalue weighted by molar-refractivity contribution is -0.136. The number of carbonyl (C=O) groups is 2. The van der Waals surface area contributed by atoms with E-state index in [1.165, 1.54) is 25.5 Å². The summed E-state index contributed by atoms with van der Waals surface area (Å²) < 4.78 is 0. The molecule has 2 saturated heterocycles. The van der Waals surface area contributed by atoms with E-state index in [1.807, 2.05) is 0 Å². The fourth-order valence-electron chi connectivity index (χ4n) is 5.58. The van der Waals surface area contributed by atoms with Gasteiger partial charge in [-0.15, -0.1) is 0 Å². The van der Waals surface area contributed by atoms with Crippen molar-refractivity contribution in [3.63, 3.8) is 0 Å². The molecule has 1 saturated carbocycles. The van der Waals surface area contributed by atoms with E-state index in [1.54, 1.807) is 6.20 Å². The third-order valence-corrected chi connectivity index (χ3v) is 6.84. The summed E-state index contributed by atoms with van der Waals surface area (Å²) in [4.78, 5) is 39.1. The molecule has 2 atom stereocenters. The normalized spacial score (nSPS) is 27.5. The van der Waals surface area contributed by atoms with Gasteiger partial charge in [-0.3, -0.25) is 4.79 Å². The van der Waals surface area contributed by atoms with E-state index in [0.29, 0.717) is 17.6 Å². The molecule has 0 radical (unpaired) electrons. The minimum absolute atomic E-state index is 0.0149. The Morgan fingerprint density at radius 3 is 2.52 bits per heavy atom. The lowest BCUT2D eigenvalue weighted by Gasteiger charge is -2.33. The van der Waals surface area contributed by atoms with E-state index in [-0.39, 0.29) is 17.0 Å². The zero-order chi connectivity index (χ0) is 20.6. The first-order valence-corrected chi connectivity index (χ1v) is 10.6. The monoisotopic (exact) mass is 401 g/mol. The molecular weight excluding hydrogens is 370 g/mol. The first kappa shape index (κ1) is 20.1. The second-order valence-corrected chi connectivity index (χ2v) is 9.30. The summed E-state index contributed by atoms with van der Waals surface area (Å²) in [6.45, 7) is 4.15. The van der Waals surface area contributed by atoms with Crippen molar-refractivity contribution < 1.29 is 14.7 Å². The highest BCUT2D eigenvalue weighted by molar-refractivity contribution is 5.85. The molecule has 8 heteroatoms. The van der Waals surface area contributed by atoms with Crippen LogP contribution in [0.5, 0.6) is 0 Å². The third kappa shape index (κ3) is 3.95. The summed E-state index contributed by atoms with van der Waals surface area (Å²) in [5, 5.41) is 9.04. The first-order chi connectivity index (χ1) is 13.9. The first-order valence-electron chi connectivity index (χ1n) is 10.6. The van der Waals surface area contributed by atoms with Gasteiger partial charge in [0.25, 0.3) is 0 Å². The maximum Gasteiger partial charge on any atom is 0.356 e. The van der Waals surface area contributed by atoms with Gasteiger partial charge < -0.3 is 19.8 Å². The van der Waals surface area contributed by atoms with Crippen LogP contribution in [0.1, 0.15) is 42.6 Å². The molecule has 1 aromatic rings. The Bertz CT molecular complexity index is 762. The Balaban J connectivity index is 1.49. The number of hydrogen-bond acceptors (Lipinski definition) is 6. The number of likely N-dealkylation sites (tertiary alicyclic amines) is 1. The van der Waals surface area contributed by atoms with Crippen LogP contribution >= 0.6 is 0 Å². The zero-order valence-corrected chi connectivity index (χ0v) is 17.4. The van der Waals surface area contributed by atoms with Crippen molar-refractivity contribution in [1.29, 1.82) is 0 Å². The minimum Gasteiger partial charge on any atom is -0.476 e. The Kier molecular flexibility index (Phi) is 5.46. The number of rotatable bonds is 5. The number of anilines is 1. The van der Waals surface area contributed by atoms with Crippen LogP contribution in [-0.2, 0) is 4.79 Å². The molecule has 2 unspecified atom stereocenters. The molecule has 8 nitrogen and oxygen atoms in total. The van der Waals surface area contributed by atoms with E-state index < -0.39 is 5.97 Å². The topological polar surface area (TPSA) is 89.9 Å². The summed E-state index contributed by atoms with van der Waals surface area (Å²) in [6, 6.07) is 0. The molecule has 0 bridgehead atoms. The molecule has 1 aromatic heterocycles. The zero-order valence-electron chi connectivity index (χ0n) is 17.4. The summed E-state index contributed by atoms with van der Waals surface area (Å²) in [5.74, 6) is 0.605. The molecule has 0 aromatic carbocycles. The van der Waals surface area contributed by atoms with Crippen molar-refractivity contribution in [1.82, 2.24) is 19.8 Å². The molecule has 158 valence electrons. The highest BCUT2D eigenvalue weighted by Gasteiger charge is 2.54. The average Bonchev–Trinajstić information content (AvgIpc) is 3.21. The number of carboxylic acids is 1. The van der Waals surface area contributed by atoms with Crippen LogP contribution < -0.4 is 4.90 Å². The number of aromatic carboxylic acids is 1. The van der Waals surface area contributed by atoms with Crippen LogP contribution in [-0.4, -0.2) is 83.6 Å². The van der Waals surface area contributed by atoms with E-state index in [4.69, 9.17) is 5.11 Å². The molecule has 0 spiro atoms. The fraction of sp³-hybridized carbons (Fsp3) is 0.714. The van der Waals surface area contributed by atoms with Gasteiger partial charge in [0.15, 0.2) is 5.69 Å². The Morgan fingerprint density at radius 2 is 1.90 bits per heavy atom. The van der Waals surface area contributed by atoms with Crippen molar-refractivity contribution in [2.45, 2.75) is 32.1 Å². The largest absolute Gasteiger partial charge is 0.476 e. The second kappa shape index (κ2) is 7.89. The maximum atomic E-state index is 13.1. The molecule has 3 aliphatic rings. The predicted octanol–water partition coefficient (Wildman–Crippen LogP) is 1.58. The highest BCUT2D eigenvalue weighted by Crippen LogP contribution is 2.45. The third-order valence-electron chi connectivity index (χ3n) is 6.84. The van der Waals surface area contributed by atoms with Gasteiger partial charge in [-0.1, -0.05) is 19.3 Å². The molecule has 1 amide bonds. The highest BCUT2D eigenvalue weighted by atomic mass is 16.4. The van der Waals surface area contributed by atoms with Gasteiger partial charge in [-0.2, -0.15) is 0 Å². The van der Waals surface area contributed by atoms with Crippen LogP contribution in [0.25, 0.3) is 0 Å². The molecule has 1 aliphatic carbocycles. The number of carboxylic acid groups (broad SMARTS) is 1. The van der Waals surface area contributed by atoms with Crippen molar-refractivity contribution in [3.05, 3.63) is 18.1 Å². The molecule has 3 fully saturated rings. The number of nitrogens with zero attached hydrogens (tertiary/aromatic N) is 5. The molecule has 3 heterocycles. The molecular formula is C21H31N5O3. The number of fused-ring (bicyclic) bond motifs is 1. The SMILES string of the molecule is CN(C)CC12CN(C(=O)C3CCCCC3)CC1CN(c1cnc(C(=O)O)cn1)C2. The van der Waals surface area contributed by atoms with Gasteiger partial charge in [-0.05, 0) is 26.9 Å². The van der Waals surface area contributed by atoms with E-state index in [2.05, 4.69) is 38.8 Å². The van der Waals surface area contributed by atoms with Crippen LogP contribution in [0.3, 0.4) is 0 Å². The number of hydrogen-bond donors (Lipinski definition) is 1. The van der Waals surface area contributed by atoms with Gasteiger partial charge in [0.05, 0.1) is 12.4 Å². The molecule has 1 N–H and O–H groups in total. The number of carbonyl (C=O) groups excluding carboxylic acids is 1. The van der Waals surface area contributed by atoms with Gasteiger partial charge >= 0.3 is 5.97 Å². The van der Waals surface area contributed by atoms with Crippen LogP contribution in [0.2, 0.25) is 0 Å². The predicted molar refractivity (Wildman–Crippen MR) is 109 cm³/mol. The Hall–Kier alpha value is -2.22. The number of aromatic nitrogens is 2. The Labute approximate surface area is 171 Å². The molecule has 4 rings (SSSR count). The molecule has 2 aliphatic heterocycles. The van der Waals surface area contributed by atoms with Gasteiger partial charge in [0.1, 0.15) is 5.82 Å². The van der Waals surface area contributed by atoms with Crippen molar-refractivity contribution >= 4 is 17.7 Å². The van der Waals surface area contributed by atoms with E-state index in [0.717, 1.165) is 45.6 Å². The van der Waals surface area contributed by atoms with Crippen LogP contribution in [0.4, 0.5) is 5.82 Å². The maximum absolute atomic E-state index is 13.1. The van der Waals surface area contributed by atoms with Crippen LogP contribution in [0.15, 0.2) is 12.4 Å². The summed E-state index contributed by atoms with van der Waals surface area (Å²) >= 11 is 0. The van der Waals surface area contributed by atoms with Crippen molar-refractivity contribution in [3.8, 4) is 0 Å². The average molecular weight is 402 g/mol. The van der Waals surface area contributed by atoms with Gasteiger partial charge in [0.2, 0.25) is 5.91 Å². The van der Waals surface area contributed by atoms with Crippen LogP contribution in [0, 0.1) is 17.3 Å². The van der Waals surface area contributed by atoms with E-state index in [9.17, 15) is 9.59 Å². The Morgan fingerprint density at radius 1 is 1.14 bits per heavy atom. The molecule has 29 heavy (non-hydrogen) atoms.